The highest BCUT2D eigenvalue weighted by Crippen LogP contribution is 2.31. The summed E-state index contributed by atoms with van der Waals surface area (Å²) in [6.45, 7) is 3.55. The molecule has 1 aromatic heterocycles. The summed E-state index contributed by atoms with van der Waals surface area (Å²) >= 11 is 0. The van der Waals surface area contributed by atoms with Crippen molar-refractivity contribution in [3.63, 3.8) is 0 Å². The molecule has 0 bridgehead atoms. The monoisotopic (exact) mass is 444 g/mol. The molecule has 0 fully saturated rings. The molecule has 6 heteroatoms. The van der Waals surface area contributed by atoms with E-state index < -0.39 is 5.97 Å². The van der Waals surface area contributed by atoms with Crippen molar-refractivity contribution in [1.29, 1.82) is 0 Å². The molecule has 33 heavy (non-hydrogen) atoms. The molecule has 3 aromatic carbocycles. The fourth-order valence-electron chi connectivity index (χ4n) is 4.15. The van der Waals surface area contributed by atoms with E-state index in [0.29, 0.717) is 31.1 Å². The first kappa shape index (κ1) is 22.4. The largest absolute Gasteiger partial charge is 0.497 e. The van der Waals surface area contributed by atoms with E-state index in [1.165, 1.54) is 0 Å². The standard InChI is InChI=1S/C27H28N2O4/c1-18-6-4-5-7-20(18)17-29-25-14-22(33-3)12-13-23(25)24(26(29)27(30)31)16-28-15-19-8-10-21(32-2)11-9-19/h4-14,28H,15-17H2,1-3H3,(H,30,31). The number of nitrogens with one attached hydrogen (secondary N) is 1. The minimum absolute atomic E-state index is 0.295. The predicted octanol–water partition coefficient (Wildman–Crippen LogP) is 5.00. The highest BCUT2D eigenvalue weighted by molar-refractivity contribution is 5.98. The van der Waals surface area contributed by atoms with Crippen LogP contribution in [0.4, 0.5) is 0 Å². The van der Waals surface area contributed by atoms with Crippen molar-refractivity contribution in [3.8, 4) is 11.5 Å². The van der Waals surface area contributed by atoms with Crippen molar-refractivity contribution in [1.82, 2.24) is 9.88 Å². The average molecular weight is 445 g/mol. The molecule has 0 atom stereocenters. The third-order valence-corrected chi connectivity index (χ3v) is 5.96. The lowest BCUT2D eigenvalue weighted by atomic mass is 10.1. The van der Waals surface area contributed by atoms with Gasteiger partial charge >= 0.3 is 5.97 Å². The van der Waals surface area contributed by atoms with E-state index in [-0.39, 0.29) is 0 Å². The van der Waals surface area contributed by atoms with E-state index in [2.05, 4.69) is 5.32 Å². The normalized spacial score (nSPS) is 11.0. The molecule has 0 amide bonds. The zero-order chi connectivity index (χ0) is 23.4. The molecule has 170 valence electrons. The van der Waals surface area contributed by atoms with E-state index in [9.17, 15) is 9.90 Å². The quantitative estimate of drug-likeness (QED) is 0.380. The Kier molecular flexibility index (Phi) is 6.66. The SMILES string of the molecule is COc1ccc(CNCc2c(C(=O)O)n(Cc3ccccc3C)c3cc(OC)ccc23)cc1. The van der Waals surface area contributed by atoms with E-state index in [4.69, 9.17) is 9.47 Å². The lowest BCUT2D eigenvalue weighted by Gasteiger charge is -2.12. The Morgan fingerprint density at radius 3 is 2.30 bits per heavy atom. The summed E-state index contributed by atoms with van der Waals surface area (Å²) in [4.78, 5) is 12.5. The molecule has 4 rings (SSSR count). The third kappa shape index (κ3) is 4.71. The van der Waals surface area contributed by atoms with Crippen LogP contribution in [0.15, 0.2) is 66.7 Å². The van der Waals surface area contributed by atoms with Gasteiger partial charge in [-0.05, 0) is 47.9 Å². The van der Waals surface area contributed by atoms with Gasteiger partial charge in [0.25, 0.3) is 0 Å². The van der Waals surface area contributed by atoms with Crippen LogP contribution in [0.3, 0.4) is 0 Å². The van der Waals surface area contributed by atoms with Gasteiger partial charge in [-0.25, -0.2) is 4.79 Å². The molecular formula is C27H28N2O4. The van der Waals surface area contributed by atoms with Crippen LogP contribution in [-0.2, 0) is 19.6 Å². The summed E-state index contributed by atoms with van der Waals surface area (Å²) in [5.41, 5.74) is 5.20. The first-order valence-electron chi connectivity index (χ1n) is 10.8. The molecule has 0 saturated carbocycles. The molecule has 0 aliphatic heterocycles. The van der Waals surface area contributed by atoms with Gasteiger partial charge in [0.05, 0.1) is 19.7 Å². The van der Waals surface area contributed by atoms with Crippen molar-refractivity contribution in [2.75, 3.05) is 14.2 Å². The van der Waals surface area contributed by atoms with Crippen molar-refractivity contribution >= 4 is 16.9 Å². The van der Waals surface area contributed by atoms with Crippen LogP contribution < -0.4 is 14.8 Å². The Morgan fingerprint density at radius 2 is 1.64 bits per heavy atom. The van der Waals surface area contributed by atoms with Crippen LogP contribution in [-0.4, -0.2) is 29.9 Å². The van der Waals surface area contributed by atoms with Gasteiger partial charge in [0, 0.05) is 36.7 Å². The third-order valence-electron chi connectivity index (χ3n) is 5.96. The Labute approximate surface area is 193 Å². The van der Waals surface area contributed by atoms with Gasteiger partial charge in [0.15, 0.2) is 0 Å². The molecule has 2 N–H and O–H groups in total. The van der Waals surface area contributed by atoms with Gasteiger partial charge in [-0.2, -0.15) is 0 Å². The highest BCUT2D eigenvalue weighted by Gasteiger charge is 2.23. The number of carboxylic acids is 1. The minimum atomic E-state index is -0.944. The Bertz CT molecular complexity index is 1280. The molecule has 0 radical (unpaired) electrons. The van der Waals surface area contributed by atoms with E-state index in [1.807, 2.05) is 78.2 Å². The molecule has 0 unspecified atom stereocenters. The summed E-state index contributed by atoms with van der Waals surface area (Å²) in [6.07, 6.45) is 0. The lowest BCUT2D eigenvalue weighted by Crippen LogP contribution is -2.17. The minimum Gasteiger partial charge on any atom is -0.497 e. The van der Waals surface area contributed by atoms with Crippen LogP contribution in [0.25, 0.3) is 10.9 Å². The number of rotatable bonds is 9. The number of carbonyl (C=O) groups is 1. The number of carboxylic acid groups (broad SMARTS) is 1. The van der Waals surface area contributed by atoms with Crippen LogP contribution in [0.5, 0.6) is 11.5 Å². The smallest absolute Gasteiger partial charge is 0.352 e. The molecule has 0 aliphatic rings. The van der Waals surface area contributed by atoms with Crippen LogP contribution in [0, 0.1) is 6.92 Å². The van der Waals surface area contributed by atoms with E-state index in [1.54, 1.807) is 14.2 Å². The second kappa shape index (κ2) is 9.79. The maximum atomic E-state index is 12.5. The predicted molar refractivity (Wildman–Crippen MR) is 129 cm³/mol. The number of benzene rings is 3. The van der Waals surface area contributed by atoms with Crippen molar-refractivity contribution in [2.45, 2.75) is 26.6 Å². The fraction of sp³-hybridized carbons (Fsp3) is 0.222. The number of methoxy groups -OCH3 is 2. The van der Waals surface area contributed by atoms with Gasteiger partial charge in [0.2, 0.25) is 0 Å². The summed E-state index contributed by atoms with van der Waals surface area (Å²) in [7, 11) is 3.26. The average Bonchev–Trinajstić information content (AvgIpc) is 3.13. The zero-order valence-corrected chi connectivity index (χ0v) is 19.1. The second-order valence-corrected chi connectivity index (χ2v) is 7.98. The van der Waals surface area contributed by atoms with Crippen molar-refractivity contribution < 1.29 is 19.4 Å². The number of hydrogen-bond donors (Lipinski definition) is 2. The van der Waals surface area contributed by atoms with Crippen LogP contribution >= 0.6 is 0 Å². The number of aromatic nitrogens is 1. The van der Waals surface area contributed by atoms with Gasteiger partial charge in [0.1, 0.15) is 17.2 Å². The number of hydrogen-bond acceptors (Lipinski definition) is 4. The molecule has 0 spiro atoms. The van der Waals surface area contributed by atoms with Gasteiger partial charge < -0.3 is 24.5 Å². The summed E-state index contributed by atoms with van der Waals surface area (Å²) in [5, 5.41) is 14.5. The summed E-state index contributed by atoms with van der Waals surface area (Å²) in [5.74, 6) is 0.556. The number of aryl methyl sites for hydroxylation is 1. The fourth-order valence-corrected chi connectivity index (χ4v) is 4.15. The number of nitrogens with zero attached hydrogens (tertiary/aromatic N) is 1. The second-order valence-electron chi connectivity index (χ2n) is 7.98. The Hall–Kier alpha value is -3.77. The van der Waals surface area contributed by atoms with E-state index >= 15 is 0 Å². The Balaban J connectivity index is 1.72. The molecule has 0 saturated heterocycles. The van der Waals surface area contributed by atoms with E-state index in [0.717, 1.165) is 38.9 Å². The maximum absolute atomic E-state index is 12.5. The number of fused-ring (bicyclic) bond motifs is 1. The highest BCUT2D eigenvalue weighted by atomic mass is 16.5. The molecule has 0 aliphatic carbocycles. The van der Waals surface area contributed by atoms with Gasteiger partial charge in [-0.15, -0.1) is 0 Å². The van der Waals surface area contributed by atoms with Gasteiger partial charge in [-0.3, -0.25) is 0 Å². The number of ether oxygens (including phenoxy) is 2. The first-order valence-corrected chi connectivity index (χ1v) is 10.8. The molecule has 4 aromatic rings. The summed E-state index contributed by atoms with van der Waals surface area (Å²) in [6, 6.07) is 21.6. The molecule has 6 nitrogen and oxygen atoms in total. The Morgan fingerprint density at radius 1 is 0.939 bits per heavy atom. The topological polar surface area (TPSA) is 72.7 Å². The lowest BCUT2D eigenvalue weighted by molar-refractivity contribution is 0.0684. The zero-order valence-electron chi connectivity index (χ0n) is 19.1. The number of aromatic carboxylic acids is 1. The summed E-state index contributed by atoms with van der Waals surface area (Å²) < 4.78 is 12.5. The van der Waals surface area contributed by atoms with Crippen LogP contribution in [0.1, 0.15) is 32.7 Å². The molecule has 1 heterocycles. The molecular weight excluding hydrogens is 416 g/mol. The van der Waals surface area contributed by atoms with Crippen molar-refractivity contribution in [2.24, 2.45) is 0 Å². The van der Waals surface area contributed by atoms with Crippen molar-refractivity contribution in [3.05, 3.63) is 94.7 Å². The van der Waals surface area contributed by atoms with Crippen LogP contribution in [0.2, 0.25) is 0 Å². The first-order chi connectivity index (χ1) is 16.0. The van der Waals surface area contributed by atoms with Gasteiger partial charge in [-0.1, -0.05) is 36.4 Å². The maximum Gasteiger partial charge on any atom is 0.352 e.